The van der Waals surface area contributed by atoms with E-state index < -0.39 is 0 Å². The Balaban J connectivity index is 1.86. The highest BCUT2D eigenvalue weighted by molar-refractivity contribution is 9.10. The van der Waals surface area contributed by atoms with Gasteiger partial charge in [-0.25, -0.2) is 4.98 Å². The summed E-state index contributed by atoms with van der Waals surface area (Å²) in [5.74, 6) is 0.781. The molecule has 0 spiro atoms. The summed E-state index contributed by atoms with van der Waals surface area (Å²) in [6.07, 6.45) is 0. The van der Waals surface area contributed by atoms with Gasteiger partial charge in [-0.3, -0.25) is 0 Å². The van der Waals surface area contributed by atoms with E-state index in [0.29, 0.717) is 11.6 Å². The summed E-state index contributed by atoms with van der Waals surface area (Å²) in [5, 5.41) is 1.60. The Morgan fingerprint density at radius 1 is 1.05 bits per heavy atom. The lowest BCUT2D eigenvalue weighted by molar-refractivity contribution is 0.306. The molecule has 0 aliphatic heterocycles. The summed E-state index contributed by atoms with van der Waals surface area (Å²) in [5.41, 5.74) is 1.95. The van der Waals surface area contributed by atoms with E-state index in [4.69, 9.17) is 16.3 Å². The second kappa shape index (κ2) is 5.81. The maximum atomic E-state index is 6.18. The topological polar surface area (TPSA) is 22.1 Å². The molecule has 0 fully saturated rings. The van der Waals surface area contributed by atoms with Crippen LogP contribution >= 0.6 is 27.5 Å². The fraction of sp³-hybridized carbons (Fsp3) is 0.0625. The molecule has 0 aliphatic carbocycles. The fourth-order valence-corrected chi connectivity index (χ4v) is 2.78. The Bertz CT molecular complexity index is 746. The van der Waals surface area contributed by atoms with E-state index in [1.807, 2.05) is 48.5 Å². The Morgan fingerprint density at radius 2 is 1.85 bits per heavy atom. The second-order valence-electron chi connectivity index (χ2n) is 4.38. The van der Waals surface area contributed by atoms with Gasteiger partial charge in [0.25, 0.3) is 0 Å². The van der Waals surface area contributed by atoms with Gasteiger partial charge in [-0.05, 0) is 39.7 Å². The van der Waals surface area contributed by atoms with E-state index in [-0.39, 0.29) is 0 Å². The molecule has 100 valence electrons. The average molecular weight is 349 g/mol. The van der Waals surface area contributed by atoms with E-state index in [1.165, 1.54) is 0 Å². The van der Waals surface area contributed by atoms with Gasteiger partial charge in [-0.1, -0.05) is 41.9 Å². The van der Waals surface area contributed by atoms with Gasteiger partial charge in [0.15, 0.2) is 0 Å². The lowest BCUT2D eigenvalue weighted by Gasteiger charge is -2.08. The standard InChI is InChI=1S/C16H11BrClNO/c17-16-9-14(18)13-7-6-12(8-15(13)19-16)20-10-11-4-2-1-3-5-11/h1-9H,10H2. The van der Waals surface area contributed by atoms with Gasteiger partial charge in [0.2, 0.25) is 0 Å². The van der Waals surface area contributed by atoms with Crippen molar-refractivity contribution in [1.82, 2.24) is 4.98 Å². The molecule has 1 aromatic heterocycles. The summed E-state index contributed by atoms with van der Waals surface area (Å²) in [6, 6.07) is 17.6. The van der Waals surface area contributed by atoms with E-state index >= 15 is 0 Å². The number of ether oxygens (including phenoxy) is 1. The van der Waals surface area contributed by atoms with E-state index in [1.54, 1.807) is 6.07 Å². The van der Waals surface area contributed by atoms with Gasteiger partial charge < -0.3 is 4.74 Å². The highest BCUT2D eigenvalue weighted by atomic mass is 79.9. The lowest BCUT2D eigenvalue weighted by atomic mass is 10.2. The maximum Gasteiger partial charge on any atom is 0.122 e. The zero-order valence-corrected chi connectivity index (χ0v) is 12.9. The molecule has 0 unspecified atom stereocenters. The molecule has 0 saturated carbocycles. The predicted molar refractivity (Wildman–Crippen MR) is 85.2 cm³/mol. The molecule has 3 rings (SSSR count). The van der Waals surface area contributed by atoms with Crippen LogP contribution in [0.15, 0.2) is 59.2 Å². The molecule has 1 heterocycles. The zero-order valence-electron chi connectivity index (χ0n) is 10.5. The number of nitrogens with zero attached hydrogens (tertiary/aromatic N) is 1. The number of fused-ring (bicyclic) bond motifs is 1. The first-order valence-electron chi connectivity index (χ1n) is 6.15. The zero-order chi connectivity index (χ0) is 13.9. The van der Waals surface area contributed by atoms with Crippen molar-refractivity contribution in [2.75, 3.05) is 0 Å². The summed E-state index contributed by atoms with van der Waals surface area (Å²) in [4.78, 5) is 4.40. The summed E-state index contributed by atoms with van der Waals surface area (Å²) in [7, 11) is 0. The van der Waals surface area contributed by atoms with Gasteiger partial charge in [-0.15, -0.1) is 0 Å². The Morgan fingerprint density at radius 3 is 2.65 bits per heavy atom. The van der Waals surface area contributed by atoms with E-state index in [2.05, 4.69) is 20.9 Å². The normalized spacial score (nSPS) is 10.7. The van der Waals surface area contributed by atoms with Gasteiger partial charge in [0, 0.05) is 11.5 Å². The Kier molecular flexibility index (Phi) is 3.90. The van der Waals surface area contributed by atoms with Crippen molar-refractivity contribution in [3.63, 3.8) is 0 Å². The van der Waals surface area contributed by atoms with Crippen molar-refractivity contribution in [3.05, 3.63) is 69.8 Å². The summed E-state index contributed by atoms with van der Waals surface area (Å²) >= 11 is 9.52. The van der Waals surface area contributed by atoms with Crippen LogP contribution in [-0.4, -0.2) is 4.98 Å². The highest BCUT2D eigenvalue weighted by Gasteiger charge is 2.04. The van der Waals surface area contributed by atoms with Gasteiger partial charge in [0.05, 0.1) is 10.5 Å². The molecule has 0 aliphatic rings. The van der Waals surface area contributed by atoms with Gasteiger partial charge >= 0.3 is 0 Å². The van der Waals surface area contributed by atoms with Crippen molar-refractivity contribution in [1.29, 1.82) is 0 Å². The van der Waals surface area contributed by atoms with Crippen LogP contribution in [-0.2, 0) is 6.61 Å². The molecule has 0 N–H and O–H groups in total. The van der Waals surface area contributed by atoms with Gasteiger partial charge in [-0.2, -0.15) is 0 Å². The first kappa shape index (κ1) is 13.4. The van der Waals surface area contributed by atoms with E-state index in [0.717, 1.165) is 26.8 Å². The minimum Gasteiger partial charge on any atom is -0.489 e. The van der Waals surface area contributed by atoms with Crippen LogP contribution in [0.4, 0.5) is 0 Å². The molecule has 2 aromatic carbocycles. The third-order valence-corrected chi connectivity index (χ3v) is 3.67. The van der Waals surface area contributed by atoms with Crippen LogP contribution in [0.3, 0.4) is 0 Å². The highest BCUT2D eigenvalue weighted by Crippen LogP contribution is 2.28. The molecule has 0 saturated heterocycles. The number of halogens is 2. The third-order valence-electron chi connectivity index (χ3n) is 2.95. The molecule has 4 heteroatoms. The number of hydrogen-bond donors (Lipinski definition) is 0. The van der Waals surface area contributed by atoms with Crippen molar-refractivity contribution in [2.24, 2.45) is 0 Å². The van der Waals surface area contributed by atoms with Crippen LogP contribution in [0.25, 0.3) is 10.9 Å². The van der Waals surface area contributed by atoms with Crippen LogP contribution < -0.4 is 4.74 Å². The number of pyridine rings is 1. The van der Waals surface area contributed by atoms with Crippen molar-refractivity contribution in [3.8, 4) is 5.75 Å². The minimum absolute atomic E-state index is 0.536. The Hall–Kier alpha value is -1.58. The minimum atomic E-state index is 0.536. The fourth-order valence-electron chi connectivity index (χ4n) is 1.97. The third kappa shape index (κ3) is 2.94. The van der Waals surface area contributed by atoms with Crippen LogP contribution in [0.2, 0.25) is 5.02 Å². The molecule has 0 radical (unpaired) electrons. The lowest BCUT2D eigenvalue weighted by Crippen LogP contribution is -1.95. The van der Waals surface area contributed by atoms with Crippen LogP contribution in [0.1, 0.15) is 5.56 Å². The molecule has 3 aromatic rings. The first-order chi connectivity index (χ1) is 9.72. The van der Waals surface area contributed by atoms with E-state index in [9.17, 15) is 0 Å². The summed E-state index contributed by atoms with van der Waals surface area (Å²) in [6.45, 7) is 0.536. The van der Waals surface area contributed by atoms with Crippen LogP contribution in [0.5, 0.6) is 5.75 Å². The molecule has 0 amide bonds. The molecular formula is C16H11BrClNO. The number of hydrogen-bond acceptors (Lipinski definition) is 2. The van der Waals surface area contributed by atoms with Crippen LogP contribution in [0, 0.1) is 0 Å². The van der Waals surface area contributed by atoms with Crippen molar-refractivity contribution < 1.29 is 4.74 Å². The molecule has 0 bridgehead atoms. The second-order valence-corrected chi connectivity index (χ2v) is 5.60. The number of rotatable bonds is 3. The smallest absolute Gasteiger partial charge is 0.122 e. The predicted octanol–water partition coefficient (Wildman–Crippen LogP) is 5.23. The maximum absolute atomic E-state index is 6.18. The van der Waals surface area contributed by atoms with Crippen molar-refractivity contribution >= 4 is 38.4 Å². The molecular weight excluding hydrogens is 338 g/mol. The largest absolute Gasteiger partial charge is 0.489 e. The summed E-state index contributed by atoms with van der Waals surface area (Å²) < 4.78 is 6.50. The van der Waals surface area contributed by atoms with Gasteiger partial charge in [0.1, 0.15) is 17.0 Å². The first-order valence-corrected chi connectivity index (χ1v) is 7.32. The quantitative estimate of drug-likeness (QED) is 0.605. The SMILES string of the molecule is Clc1cc(Br)nc2cc(OCc3ccccc3)ccc12. The number of benzene rings is 2. The molecule has 0 atom stereocenters. The molecule has 20 heavy (non-hydrogen) atoms. The number of aromatic nitrogens is 1. The average Bonchev–Trinajstić information content (AvgIpc) is 2.45. The monoisotopic (exact) mass is 347 g/mol. The molecule has 2 nitrogen and oxygen atoms in total. The van der Waals surface area contributed by atoms with Crippen molar-refractivity contribution in [2.45, 2.75) is 6.61 Å². The Labute approximate surface area is 130 Å².